The Labute approximate surface area is 189 Å². The molecule has 0 bridgehead atoms. The molecule has 2 heterocycles. The number of aryl methyl sites for hydroxylation is 1. The van der Waals surface area contributed by atoms with Gasteiger partial charge in [-0.2, -0.15) is 0 Å². The summed E-state index contributed by atoms with van der Waals surface area (Å²) in [4.78, 5) is 13.1. The Hall–Kier alpha value is -2.40. The van der Waals surface area contributed by atoms with E-state index in [9.17, 15) is 9.90 Å². The minimum atomic E-state index is -0.177. The first-order valence-corrected chi connectivity index (χ1v) is 12.0. The molecule has 170 valence electrons. The van der Waals surface area contributed by atoms with Crippen molar-refractivity contribution in [3.8, 4) is 5.75 Å². The van der Waals surface area contributed by atoms with Crippen LogP contribution in [-0.2, 0) is 16.0 Å². The molecule has 2 saturated heterocycles. The van der Waals surface area contributed by atoms with Gasteiger partial charge in [-0.15, -0.1) is 0 Å². The fourth-order valence-corrected chi connectivity index (χ4v) is 6.16. The van der Waals surface area contributed by atoms with E-state index in [4.69, 9.17) is 4.74 Å². The molecule has 1 aliphatic carbocycles. The maximum absolute atomic E-state index is 15.4. The lowest BCUT2D eigenvalue weighted by Gasteiger charge is -2.40. The van der Waals surface area contributed by atoms with Crippen molar-refractivity contribution in [3.05, 3.63) is 58.9 Å². The summed E-state index contributed by atoms with van der Waals surface area (Å²) >= 11 is 0. The smallest absolute Gasteiger partial charge is 0.146 e. The Bertz CT molecular complexity index is 963. The van der Waals surface area contributed by atoms with Crippen LogP contribution in [0, 0.1) is 23.6 Å². The Morgan fingerprint density at radius 3 is 2.50 bits per heavy atom. The van der Waals surface area contributed by atoms with Gasteiger partial charge in [0.05, 0.1) is 5.69 Å². The number of carbonyl (C=O) groups excluding carboxylic acids is 1. The average Bonchev–Trinajstić information content (AvgIpc) is 2.84. The number of fused-ring (bicyclic) bond motifs is 1. The van der Waals surface area contributed by atoms with E-state index in [-0.39, 0.29) is 17.7 Å². The van der Waals surface area contributed by atoms with Crippen molar-refractivity contribution in [2.24, 2.45) is 17.8 Å². The first kappa shape index (κ1) is 21.4. The molecule has 0 saturated carbocycles. The molecule has 2 aromatic rings. The number of benzene rings is 2. The van der Waals surface area contributed by atoms with Gasteiger partial charge in [-0.1, -0.05) is 12.1 Å². The van der Waals surface area contributed by atoms with Crippen LogP contribution in [0.15, 0.2) is 36.4 Å². The van der Waals surface area contributed by atoms with Gasteiger partial charge in [0.2, 0.25) is 0 Å². The highest BCUT2D eigenvalue weighted by Gasteiger charge is 2.37. The second-order valence-corrected chi connectivity index (χ2v) is 9.68. The van der Waals surface area contributed by atoms with E-state index in [0.717, 1.165) is 76.7 Å². The van der Waals surface area contributed by atoms with Gasteiger partial charge in [0.15, 0.2) is 0 Å². The molecule has 32 heavy (non-hydrogen) atoms. The van der Waals surface area contributed by atoms with Gasteiger partial charge in [-0.05, 0) is 91.3 Å². The number of anilines is 1. The molecular weight excluding hydrogens is 405 g/mol. The summed E-state index contributed by atoms with van der Waals surface area (Å²) in [6.07, 6.45) is 6.72. The summed E-state index contributed by atoms with van der Waals surface area (Å²) in [6, 6.07) is 11.5. The van der Waals surface area contributed by atoms with Gasteiger partial charge in [-0.25, -0.2) is 4.39 Å². The maximum atomic E-state index is 15.4. The van der Waals surface area contributed by atoms with Crippen molar-refractivity contribution in [3.63, 3.8) is 0 Å². The number of halogens is 1. The van der Waals surface area contributed by atoms with E-state index >= 15 is 4.39 Å². The third-order valence-electron chi connectivity index (χ3n) is 7.91. The lowest BCUT2D eigenvalue weighted by molar-refractivity contribution is -0.111. The topological polar surface area (TPSA) is 49.8 Å². The minimum absolute atomic E-state index is 0.101. The van der Waals surface area contributed by atoms with Crippen molar-refractivity contribution in [2.45, 2.75) is 44.4 Å². The van der Waals surface area contributed by atoms with Crippen molar-refractivity contribution < 1.29 is 19.0 Å². The van der Waals surface area contributed by atoms with Crippen molar-refractivity contribution >= 4 is 12.0 Å². The molecule has 4 nitrogen and oxygen atoms in total. The van der Waals surface area contributed by atoms with Gasteiger partial charge in [0, 0.05) is 38.1 Å². The summed E-state index contributed by atoms with van der Waals surface area (Å²) in [5, 5.41) is 10.0. The highest BCUT2D eigenvalue weighted by atomic mass is 19.1. The van der Waals surface area contributed by atoms with Crippen LogP contribution in [0.3, 0.4) is 0 Å². The second-order valence-electron chi connectivity index (χ2n) is 9.68. The van der Waals surface area contributed by atoms with Gasteiger partial charge in [0.25, 0.3) is 0 Å². The van der Waals surface area contributed by atoms with Crippen LogP contribution in [0.25, 0.3) is 0 Å². The van der Waals surface area contributed by atoms with Crippen molar-refractivity contribution in [2.75, 3.05) is 31.2 Å². The highest BCUT2D eigenvalue weighted by molar-refractivity contribution is 5.56. The van der Waals surface area contributed by atoms with Gasteiger partial charge in [0.1, 0.15) is 17.9 Å². The molecule has 2 aliphatic heterocycles. The molecule has 0 aromatic heterocycles. The van der Waals surface area contributed by atoms with E-state index < -0.39 is 0 Å². The predicted molar refractivity (Wildman–Crippen MR) is 123 cm³/mol. The molecule has 2 fully saturated rings. The van der Waals surface area contributed by atoms with Crippen LogP contribution in [0.5, 0.6) is 5.75 Å². The minimum Gasteiger partial charge on any atom is -0.508 e. The fraction of sp³-hybridized carbons (Fsp3) is 0.519. The third-order valence-corrected chi connectivity index (χ3v) is 7.91. The molecule has 3 aliphatic rings. The Morgan fingerprint density at radius 2 is 1.78 bits per heavy atom. The number of hydrogen-bond donors (Lipinski definition) is 1. The number of hydrogen-bond acceptors (Lipinski definition) is 4. The number of rotatable bonds is 4. The van der Waals surface area contributed by atoms with E-state index in [1.54, 1.807) is 12.1 Å². The van der Waals surface area contributed by atoms with Crippen LogP contribution in [0.2, 0.25) is 0 Å². The number of nitrogens with zero attached hydrogens (tertiary/aromatic N) is 1. The largest absolute Gasteiger partial charge is 0.508 e. The highest BCUT2D eigenvalue weighted by Crippen LogP contribution is 2.47. The monoisotopic (exact) mass is 437 g/mol. The second kappa shape index (κ2) is 9.22. The number of aldehydes is 1. The number of piperidine rings is 1. The molecule has 0 unspecified atom stereocenters. The average molecular weight is 438 g/mol. The summed E-state index contributed by atoms with van der Waals surface area (Å²) in [5.41, 5.74) is 4.07. The molecule has 1 N–H and O–H groups in total. The summed E-state index contributed by atoms with van der Waals surface area (Å²) in [6.45, 7) is 3.05. The lowest BCUT2D eigenvalue weighted by atomic mass is 9.65. The Morgan fingerprint density at radius 1 is 1.00 bits per heavy atom. The van der Waals surface area contributed by atoms with E-state index in [1.165, 1.54) is 11.1 Å². The number of ether oxygens (including phenoxy) is 1. The van der Waals surface area contributed by atoms with Crippen LogP contribution < -0.4 is 4.90 Å². The van der Waals surface area contributed by atoms with Gasteiger partial charge in [-0.3, -0.25) is 0 Å². The quantitative estimate of drug-likeness (QED) is 0.679. The fourth-order valence-electron chi connectivity index (χ4n) is 6.16. The van der Waals surface area contributed by atoms with Crippen LogP contribution in [0.1, 0.15) is 54.7 Å². The summed E-state index contributed by atoms with van der Waals surface area (Å²) in [7, 11) is 0. The molecule has 5 rings (SSSR count). The van der Waals surface area contributed by atoms with Crippen LogP contribution >= 0.6 is 0 Å². The zero-order chi connectivity index (χ0) is 22.1. The number of aromatic hydroxyl groups is 1. The number of phenols is 1. The zero-order valence-corrected chi connectivity index (χ0v) is 18.5. The van der Waals surface area contributed by atoms with Crippen LogP contribution in [0.4, 0.5) is 10.1 Å². The Balaban J connectivity index is 1.47. The van der Waals surface area contributed by atoms with E-state index in [0.29, 0.717) is 23.3 Å². The third kappa shape index (κ3) is 4.15. The molecule has 2 atom stereocenters. The van der Waals surface area contributed by atoms with Gasteiger partial charge < -0.3 is 19.5 Å². The maximum Gasteiger partial charge on any atom is 0.146 e. The van der Waals surface area contributed by atoms with E-state index in [2.05, 4.69) is 11.0 Å². The first-order valence-electron chi connectivity index (χ1n) is 12.0. The molecule has 0 radical (unpaired) electrons. The number of carbonyl (C=O) groups is 1. The Kier molecular flexibility index (Phi) is 6.18. The zero-order valence-electron chi connectivity index (χ0n) is 18.5. The van der Waals surface area contributed by atoms with Crippen LogP contribution in [-0.4, -0.2) is 37.7 Å². The van der Waals surface area contributed by atoms with Crippen molar-refractivity contribution in [1.29, 1.82) is 0 Å². The molecule has 0 amide bonds. The van der Waals surface area contributed by atoms with Gasteiger partial charge >= 0.3 is 0 Å². The summed E-state index contributed by atoms with van der Waals surface area (Å²) in [5.74, 6) is 1.37. The standard InChI is InChI=1S/C27H32FNO3/c28-25-16-21(2-6-26(25)29-11-7-18(17-30)8-12-29)27-23(19-9-13-32-14-10-19)4-1-20-15-22(31)3-5-24(20)27/h2-3,5-6,15-19,23,27,31H,1,4,7-14H2/t23-,27+/m1/s1. The molecule has 2 aromatic carbocycles. The SMILES string of the molecule is O=CC1CCN(c2ccc([C@@H]3c4ccc(O)cc4CC[C@@H]3C3CCOCC3)cc2F)CC1. The first-order chi connectivity index (χ1) is 15.6. The normalized spacial score (nSPS) is 24.8. The van der Waals surface area contributed by atoms with E-state index in [1.807, 2.05) is 18.2 Å². The molecule has 0 spiro atoms. The summed E-state index contributed by atoms with van der Waals surface area (Å²) < 4.78 is 21.0. The lowest BCUT2D eigenvalue weighted by Crippen LogP contribution is -2.35. The van der Waals surface area contributed by atoms with Crippen molar-refractivity contribution in [1.82, 2.24) is 0 Å². The molecular formula is C27H32FNO3. The molecule has 5 heteroatoms. The number of phenolic OH excluding ortho intramolecular Hbond substituents is 1. The predicted octanol–water partition coefficient (Wildman–Crippen LogP) is 5.07.